The van der Waals surface area contributed by atoms with Gasteiger partial charge < -0.3 is 15.4 Å². The number of rotatable bonds is 6. The second-order valence-electron chi connectivity index (χ2n) is 7.12. The average Bonchev–Trinajstić information content (AvgIpc) is 2.87. The number of ether oxygens (including phenoxy) is 1. The molecule has 0 atom stereocenters. The summed E-state index contributed by atoms with van der Waals surface area (Å²) >= 11 is 0. The molecule has 0 aliphatic heterocycles. The molecular weight excluding hydrogens is 414 g/mol. The van der Waals surface area contributed by atoms with Crippen LogP contribution in [0.2, 0.25) is 0 Å². The van der Waals surface area contributed by atoms with E-state index in [2.05, 4.69) is 25.6 Å². The molecule has 33 heavy (non-hydrogen) atoms. The minimum Gasteiger partial charge on any atom is -0.456 e. The Labute approximate surface area is 191 Å². The van der Waals surface area contributed by atoms with Gasteiger partial charge in [-0.05, 0) is 60.7 Å². The van der Waals surface area contributed by atoms with Crippen molar-refractivity contribution < 1.29 is 10.9 Å². The number of anilines is 3. The molecule has 160 valence electrons. The first-order valence-corrected chi connectivity index (χ1v) is 10.2. The van der Waals surface area contributed by atoms with Crippen molar-refractivity contribution in [1.82, 2.24) is 15.0 Å². The topological polar surface area (TPSA) is 89.0 Å². The standard InChI is InChI=1S/C26H19N5O2/c32-26(31-25-10-9-21(17-29-25)33-20-11-14-27-15-12-20)18-5-7-19(8-6-18)30-24-13-16-28-23-4-2-1-3-22(23)24/h1-17H,(H,28,30)(H,29,31,32)/i1D. The summed E-state index contributed by atoms with van der Waals surface area (Å²) in [6.07, 6.45) is 6.55. The fourth-order valence-electron chi connectivity index (χ4n) is 3.25. The van der Waals surface area contributed by atoms with Gasteiger partial charge in [0.25, 0.3) is 5.91 Å². The number of hydrogen-bond donors (Lipinski definition) is 2. The molecule has 0 unspecified atom stereocenters. The maximum atomic E-state index is 12.6. The van der Waals surface area contributed by atoms with Crippen molar-refractivity contribution in [2.75, 3.05) is 10.6 Å². The fraction of sp³-hybridized carbons (Fsp3) is 0. The normalized spacial score (nSPS) is 11.0. The SMILES string of the molecule is [2H]c1ccc2nccc(Nc3ccc(C(=O)Nc4ccc(Oc5ccncc5)cn4)cc3)c2c1. The molecule has 0 spiro atoms. The molecule has 5 aromatic rings. The van der Waals surface area contributed by atoms with Gasteiger partial charge in [-0.25, -0.2) is 4.98 Å². The third kappa shape index (κ3) is 4.77. The van der Waals surface area contributed by atoms with E-state index in [0.717, 1.165) is 22.3 Å². The van der Waals surface area contributed by atoms with Crippen LogP contribution >= 0.6 is 0 Å². The Balaban J connectivity index is 1.24. The lowest BCUT2D eigenvalue weighted by Gasteiger charge is -2.10. The first-order chi connectivity index (χ1) is 16.6. The Bertz CT molecular complexity index is 1440. The average molecular weight is 434 g/mol. The number of nitrogens with one attached hydrogen (secondary N) is 2. The highest BCUT2D eigenvalue weighted by Gasteiger charge is 2.08. The number of amides is 1. The van der Waals surface area contributed by atoms with Gasteiger partial charge in [-0.3, -0.25) is 14.8 Å². The minimum absolute atomic E-state index is 0.268. The summed E-state index contributed by atoms with van der Waals surface area (Å²) in [5.41, 5.74) is 2.96. The molecule has 7 heteroatoms. The Morgan fingerprint density at radius 3 is 2.48 bits per heavy atom. The van der Waals surface area contributed by atoms with Gasteiger partial charge in [-0.15, -0.1) is 0 Å². The predicted octanol–water partition coefficient (Wildman–Crippen LogP) is 5.81. The van der Waals surface area contributed by atoms with Crippen LogP contribution in [0.5, 0.6) is 11.5 Å². The summed E-state index contributed by atoms with van der Waals surface area (Å²) in [5, 5.41) is 6.98. The van der Waals surface area contributed by atoms with Crippen LogP contribution < -0.4 is 15.4 Å². The highest BCUT2D eigenvalue weighted by molar-refractivity contribution is 6.04. The number of pyridine rings is 3. The highest BCUT2D eigenvalue weighted by Crippen LogP contribution is 2.25. The lowest BCUT2D eigenvalue weighted by molar-refractivity contribution is 0.102. The van der Waals surface area contributed by atoms with Crippen LogP contribution in [0.25, 0.3) is 10.9 Å². The predicted molar refractivity (Wildman–Crippen MR) is 128 cm³/mol. The summed E-state index contributed by atoms with van der Waals surface area (Å²) in [7, 11) is 0. The van der Waals surface area contributed by atoms with Crippen molar-refractivity contribution in [3.8, 4) is 11.5 Å². The summed E-state index contributed by atoms with van der Waals surface area (Å²) in [4.78, 5) is 25.2. The number of aromatic nitrogens is 3. The van der Waals surface area contributed by atoms with Crippen molar-refractivity contribution in [3.63, 3.8) is 0 Å². The van der Waals surface area contributed by atoms with Gasteiger partial charge in [0.2, 0.25) is 0 Å². The molecule has 3 aromatic heterocycles. The molecule has 0 aliphatic carbocycles. The highest BCUT2D eigenvalue weighted by atomic mass is 16.5. The maximum Gasteiger partial charge on any atom is 0.256 e. The van der Waals surface area contributed by atoms with Gasteiger partial charge in [-0.1, -0.05) is 18.2 Å². The largest absolute Gasteiger partial charge is 0.456 e. The lowest BCUT2D eigenvalue weighted by Crippen LogP contribution is -2.12. The Morgan fingerprint density at radius 2 is 1.70 bits per heavy atom. The van der Waals surface area contributed by atoms with Crippen LogP contribution in [0.3, 0.4) is 0 Å². The molecule has 7 nitrogen and oxygen atoms in total. The molecule has 2 aromatic carbocycles. The lowest BCUT2D eigenvalue weighted by atomic mass is 10.1. The van der Waals surface area contributed by atoms with Crippen molar-refractivity contribution in [1.29, 1.82) is 0 Å². The quantitative estimate of drug-likeness (QED) is 0.350. The van der Waals surface area contributed by atoms with Crippen LogP contribution in [-0.4, -0.2) is 20.9 Å². The van der Waals surface area contributed by atoms with Crippen LogP contribution in [0.15, 0.2) is 104 Å². The molecule has 0 saturated carbocycles. The van der Waals surface area contributed by atoms with E-state index in [0.29, 0.717) is 28.9 Å². The third-order valence-corrected chi connectivity index (χ3v) is 4.88. The second-order valence-corrected chi connectivity index (χ2v) is 7.12. The monoisotopic (exact) mass is 434 g/mol. The maximum absolute atomic E-state index is 12.6. The van der Waals surface area contributed by atoms with Gasteiger partial charge >= 0.3 is 0 Å². The number of fused-ring (bicyclic) bond motifs is 1. The molecule has 1 amide bonds. The van der Waals surface area contributed by atoms with Gasteiger partial charge in [0, 0.05) is 40.9 Å². The zero-order valence-corrected chi connectivity index (χ0v) is 17.4. The van der Waals surface area contributed by atoms with E-state index >= 15 is 0 Å². The summed E-state index contributed by atoms with van der Waals surface area (Å²) < 4.78 is 13.6. The molecule has 0 bridgehead atoms. The number of carbonyl (C=O) groups is 1. The van der Waals surface area contributed by atoms with E-state index in [9.17, 15) is 4.79 Å². The summed E-state index contributed by atoms with van der Waals surface area (Å²) in [6.45, 7) is 0. The Hall–Kier alpha value is -4.78. The van der Waals surface area contributed by atoms with E-state index in [-0.39, 0.29) is 5.91 Å². The Kier molecular flexibility index (Phi) is 5.25. The number of hydrogen-bond acceptors (Lipinski definition) is 6. The van der Waals surface area contributed by atoms with Gasteiger partial charge in [0.15, 0.2) is 0 Å². The van der Waals surface area contributed by atoms with Gasteiger partial charge in [0.1, 0.15) is 17.3 Å². The zero-order valence-electron chi connectivity index (χ0n) is 18.4. The van der Waals surface area contributed by atoms with Gasteiger partial charge in [0.05, 0.1) is 13.1 Å². The van der Waals surface area contributed by atoms with Crippen LogP contribution in [0.1, 0.15) is 11.7 Å². The molecule has 5 rings (SSSR count). The number of benzene rings is 2. The molecular formula is C26H19N5O2. The first kappa shape index (κ1) is 18.9. The number of para-hydroxylation sites is 1. The molecule has 0 saturated heterocycles. The summed E-state index contributed by atoms with van der Waals surface area (Å²) in [6, 6.07) is 21.6. The molecule has 2 N–H and O–H groups in total. The van der Waals surface area contributed by atoms with Crippen molar-refractivity contribution >= 4 is 34.0 Å². The van der Waals surface area contributed by atoms with E-state index < -0.39 is 0 Å². The minimum atomic E-state index is -0.268. The third-order valence-electron chi connectivity index (χ3n) is 4.88. The summed E-state index contributed by atoms with van der Waals surface area (Å²) in [5.74, 6) is 1.36. The molecule has 0 fully saturated rings. The van der Waals surface area contributed by atoms with Crippen LogP contribution in [-0.2, 0) is 0 Å². The van der Waals surface area contributed by atoms with Crippen molar-refractivity contribution in [3.05, 3.63) is 109 Å². The van der Waals surface area contributed by atoms with Gasteiger partial charge in [-0.2, -0.15) is 0 Å². The van der Waals surface area contributed by atoms with E-state index in [4.69, 9.17) is 6.11 Å². The second kappa shape index (κ2) is 9.15. The zero-order chi connectivity index (χ0) is 23.3. The Morgan fingerprint density at radius 1 is 0.848 bits per heavy atom. The number of carbonyl (C=O) groups excluding carboxylic acids is 1. The molecule has 3 heterocycles. The molecule has 0 radical (unpaired) electrons. The van der Waals surface area contributed by atoms with Crippen LogP contribution in [0.4, 0.5) is 17.2 Å². The fourth-order valence-corrected chi connectivity index (χ4v) is 3.25. The smallest absolute Gasteiger partial charge is 0.256 e. The van der Waals surface area contributed by atoms with E-state index in [1.807, 2.05) is 24.3 Å². The van der Waals surface area contributed by atoms with E-state index in [1.165, 1.54) is 0 Å². The number of nitrogens with zero attached hydrogens (tertiary/aromatic N) is 3. The first-order valence-electron chi connectivity index (χ1n) is 10.7. The van der Waals surface area contributed by atoms with Crippen LogP contribution in [0, 0.1) is 0 Å². The van der Waals surface area contributed by atoms with Crippen molar-refractivity contribution in [2.24, 2.45) is 0 Å². The van der Waals surface area contributed by atoms with E-state index in [1.54, 1.807) is 73.3 Å². The molecule has 0 aliphatic rings. The van der Waals surface area contributed by atoms with Crippen molar-refractivity contribution in [2.45, 2.75) is 0 Å².